The van der Waals surface area contributed by atoms with Gasteiger partial charge in [-0.25, -0.2) is 8.78 Å². The van der Waals surface area contributed by atoms with Crippen molar-refractivity contribution < 1.29 is 13.5 Å². The van der Waals surface area contributed by atoms with Gasteiger partial charge in [-0.05, 0) is 87.3 Å². The number of hydrogen-bond acceptors (Lipinski definition) is 2. The van der Waals surface area contributed by atoms with Crippen LogP contribution in [0, 0.1) is 23.6 Å². The molecular formula is C24H30F2NO. The summed E-state index contributed by atoms with van der Waals surface area (Å²) < 4.78 is 31.6. The van der Waals surface area contributed by atoms with E-state index >= 15 is 0 Å². The zero-order valence-electron chi connectivity index (χ0n) is 16.7. The van der Waals surface area contributed by atoms with Crippen LogP contribution in [0.1, 0.15) is 50.5 Å². The summed E-state index contributed by atoms with van der Waals surface area (Å²) in [4.78, 5) is 2.54. The first-order valence-electron chi connectivity index (χ1n) is 10.4. The minimum atomic E-state index is -0.862. The highest BCUT2D eigenvalue weighted by atomic mass is 19.2. The number of ether oxygens (including phenoxy) is 1. The van der Waals surface area contributed by atoms with Gasteiger partial charge in [0.15, 0.2) is 11.6 Å². The molecule has 1 heterocycles. The fourth-order valence-corrected chi connectivity index (χ4v) is 4.22. The minimum absolute atomic E-state index is 0.392. The maximum atomic E-state index is 13.2. The van der Waals surface area contributed by atoms with Crippen LogP contribution in [-0.2, 0) is 0 Å². The van der Waals surface area contributed by atoms with Gasteiger partial charge >= 0.3 is 0 Å². The van der Waals surface area contributed by atoms with Crippen molar-refractivity contribution in [2.45, 2.75) is 44.9 Å². The van der Waals surface area contributed by atoms with Crippen LogP contribution in [0.25, 0.3) is 0 Å². The van der Waals surface area contributed by atoms with Gasteiger partial charge in [0, 0.05) is 6.07 Å². The number of likely N-dealkylation sites (tertiary alicyclic amines) is 1. The van der Waals surface area contributed by atoms with Crippen LogP contribution in [-0.4, -0.2) is 31.1 Å². The summed E-state index contributed by atoms with van der Waals surface area (Å²) in [5, 5.41) is 0. The molecule has 1 unspecified atom stereocenters. The second kappa shape index (κ2) is 10.6. The van der Waals surface area contributed by atoms with Crippen molar-refractivity contribution in [1.29, 1.82) is 0 Å². The average Bonchev–Trinajstić information content (AvgIpc) is 2.73. The summed E-state index contributed by atoms with van der Waals surface area (Å²) in [7, 11) is 0. The van der Waals surface area contributed by atoms with Crippen LogP contribution >= 0.6 is 0 Å². The molecule has 0 bridgehead atoms. The van der Waals surface area contributed by atoms with Crippen molar-refractivity contribution in [1.82, 2.24) is 4.90 Å². The number of unbranched alkanes of at least 4 members (excludes halogenated alkanes) is 1. The Morgan fingerprint density at radius 3 is 2.61 bits per heavy atom. The van der Waals surface area contributed by atoms with Crippen molar-refractivity contribution in [3.63, 3.8) is 0 Å². The first-order valence-corrected chi connectivity index (χ1v) is 10.4. The van der Waals surface area contributed by atoms with E-state index in [4.69, 9.17) is 4.74 Å². The monoisotopic (exact) mass is 386 g/mol. The lowest BCUT2D eigenvalue weighted by atomic mass is 9.78. The summed E-state index contributed by atoms with van der Waals surface area (Å²) in [5.41, 5.74) is 1.36. The minimum Gasteiger partial charge on any atom is -0.493 e. The van der Waals surface area contributed by atoms with Crippen molar-refractivity contribution in [3.8, 4) is 5.75 Å². The van der Waals surface area contributed by atoms with Gasteiger partial charge in [0.1, 0.15) is 5.75 Å². The molecule has 2 aromatic carbocycles. The molecule has 0 saturated carbocycles. The van der Waals surface area contributed by atoms with Gasteiger partial charge < -0.3 is 9.64 Å². The second-order valence-electron chi connectivity index (χ2n) is 7.64. The molecule has 0 amide bonds. The van der Waals surface area contributed by atoms with Gasteiger partial charge in [-0.2, -0.15) is 0 Å². The van der Waals surface area contributed by atoms with Crippen LogP contribution in [0.2, 0.25) is 0 Å². The van der Waals surface area contributed by atoms with E-state index < -0.39 is 11.6 Å². The summed E-state index contributed by atoms with van der Waals surface area (Å²) in [6, 6.07) is 15.5. The number of rotatable bonds is 9. The molecule has 151 valence electrons. The summed E-state index contributed by atoms with van der Waals surface area (Å²) in [6.45, 7) is 6.19. The maximum Gasteiger partial charge on any atom is 0.162 e. The number of hydrogen-bond donors (Lipinski definition) is 0. The van der Waals surface area contributed by atoms with Gasteiger partial charge in [0.25, 0.3) is 0 Å². The molecule has 0 aliphatic carbocycles. The van der Waals surface area contributed by atoms with E-state index in [0.717, 1.165) is 50.5 Å². The first kappa shape index (κ1) is 20.8. The van der Waals surface area contributed by atoms with Crippen LogP contribution in [0.15, 0.2) is 42.5 Å². The third kappa shape index (κ3) is 5.78. The van der Waals surface area contributed by atoms with Crippen LogP contribution < -0.4 is 4.74 Å². The highest BCUT2D eigenvalue weighted by Gasteiger charge is 2.26. The van der Waals surface area contributed by atoms with Crippen LogP contribution in [0.3, 0.4) is 0 Å². The number of halogens is 2. The third-order valence-electron chi connectivity index (χ3n) is 5.80. The Bertz CT molecular complexity index is 714. The average molecular weight is 387 g/mol. The van der Waals surface area contributed by atoms with E-state index in [0.29, 0.717) is 18.3 Å². The molecule has 4 heteroatoms. The molecule has 0 aromatic heterocycles. The number of benzene rings is 2. The Labute approximate surface area is 167 Å². The zero-order chi connectivity index (χ0) is 19.8. The van der Waals surface area contributed by atoms with Crippen molar-refractivity contribution in [2.75, 3.05) is 26.2 Å². The summed E-state index contributed by atoms with van der Waals surface area (Å²) in [6.07, 6.45) is 5.62. The van der Waals surface area contributed by atoms with E-state index in [-0.39, 0.29) is 0 Å². The Morgan fingerprint density at radius 1 is 1.11 bits per heavy atom. The molecule has 1 aliphatic rings. The smallest absolute Gasteiger partial charge is 0.162 e. The van der Waals surface area contributed by atoms with Crippen molar-refractivity contribution in [3.05, 3.63) is 65.7 Å². The molecule has 0 spiro atoms. The number of nitrogens with zero attached hydrogens (tertiary/aromatic N) is 1. The Hall–Kier alpha value is -1.94. The van der Waals surface area contributed by atoms with Crippen LogP contribution in [0.4, 0.5) is 8.78 Å². The summed E-state index contributed by atoms with van der Waals surface area (Å²) in [5.74, 6) is 0.0533. The van der Waals surface area contributed by atoms with E-state index in [1.165, 1.54) is 30.9 Å². The largest absolute Gasteiger partial charge is 0.493 e. The molecule has 1 saturated heterocycles. The number of piperidine rings is 1. The van der Waals surface area contributed by atoms with Gasteiger partial charge in [-0.1, -0.05) is 31.2 Å². The topological polar surface area (TPSA) is 12.5 Å². The Kier molecular flexibility index (Phi) is 7.84. The molecule has 2 nitrogen and oxygen atoms in total. The van der Waals surface area contributed by atoms with Gasteiger partial charge in [0.05, 0.1) is 6.61 Å². The highest BCUT2D eigenvalue weighted by molar-refractivity contribution is 5.23. The molecule has 3 rings (SSSR count). The standard InChI is InChI=1S/C24H30F2NO/c1-2-22(19-8-4-3-5-9-19)20-12-15-27(16-13-20)14-6-7-17-28-21-10-11-23(25)24(26)18-21/h3-5,8,10-11,18,20,22H,2,6-7,12-17H2,1H3. The molecule has 1 atom stereocenters. The van der Waals surface area contributed by atoms with E-state index in [1.54, 1.807) is 0 Å². The predicted molar refractivity (Wildman–Crippen MR) is 109 cm³/mol. The third-order valence-corrected chi connectivity index (χ3v) is 5.80. The Morgan fingerprint density at radius 2 is 1.93 bits per heavy atom. The molecule has 1 aliphatic heterocycles. The lowest BCUT2D eigenvalue weighted by Gasteiger charge is -2.36. The first-order chi connectivity index (χ1) is 13.7. The lowest BCUT2D eigenvalue weighted by molar-refractivity contribution is 0.161. The zero-order valence-corrected chi connectivity index (χ0v) is 16.7. The molecular weight excluding hydrogens is 356 g/mol. The van der Waals surface area contributed by atoms with Gasteiger partial charge in [0.2, 0.25) is 0 Å². The van der Waals surface area contributed by atoms with Gasteiger partial charge in [-0.15, -0.1) is 0 Å². The summed E-state index contributed by atoms with van der Waals surface area (Å²) >= 11 is 0. The highest BCUT2D eigenvalue weighted by Crippen LogP contribution is 2.34. The van der Waals surface area contributed by atoms with Crippen LogP contribution in [0.5, 0.6) is 5.75 Å². The molecule has 2 aromatic rings. The van der Waals surface area contributed by atoms with Gasteiger partial charge in [-0.3, -0.25) is 0 Å². The quantitative estimate of drug-likeness (QED) is 0.503. The molecule has 1 radical (unpaired) electrons. The fourth-order valence-electron chi connectivity index (χ4n) is 4.22. The molecule has 0 N–H and O–H groups in total. The molecule has 28 heavy (non-hydrogen) atoms. The second-order valence-corrected chi connectivity index (χ2v) is 7.64. The SMILES string of the molecule is CCC(c1[c]cccc1)C1CCN(CCCCOc2ccc(F)c(F)c2)CC1. The Balaban J connectivity index is 1.34. The van der Waals surface area contributed by atoms with Crippen molar-refractivity contribution >= 4 is 0 Å². The molecule has 1 fully saturated rings. The van der Waals surface area contributed by atoms with E-state index in [9.17, 15) is 8.78 Å². The predicted octanol–water partition coefficient (Wildman–Crippen LogP) is 5.83. The van der Waals surface area contributed by atoms with E-state index in [1.807, 2.05) is 12.1 Å². The lowest BCUT2D eigenvalue weighted by Crippen LogP contribution is -2.36. The normalized spacial score (nSPS) is 16.8. The van der Waals surface area contributed by atoms with E-state index in [2.05, 4.69) is 30.0 Å². The maximum absolute atomic E-state index is 13.2. The van der Waals surface area contributed by atoms with Crippen molar-refractivity contribution in [2.24, 2.45) is 5.92 Å². The fraction of sp³-hybridized carbons (Fsp3) is 0.500.